The number of ether oxygens (including phenoxy) is 1. The monoisotopic (exact) mass is 283 g/mol. The molecule has 1 atom stereocenters. The van der Waals surface area contributed by atoms with E-state index in [-0.39, 0.29) is 0 Å². The van der Waals surface area contributed by atoms with Gasteiger partial charge in [-0.15, -0.1) is 0 Å². The third kappa shape index (κ3) is 6.84. The first-order valence-corrected chi connectivity index (χ1v) is 7.63. The molecule has 1 unspecified atom stereocenters. The predicted octanol–water partition coefficient (Wildman–Crippen LogP) is 4.59. The van der Waals surface area contributed by atoms with Crippen LogP contribution < -0.4 is 10.1 Å². The van der Waals surface area contributed by atoms with E-state index in [0.717, 1.165) is 35.9 Å². The van der Waals surface area contributed by atoms with Crippen LogP contribution in [0.15, 0.2) is 18.2 Å². The van der Waals surface area contributed by atoms with Crippen molar-refractivity contribution in [2.45, 2.75) is 52.5 Å². The molecule has 0 aliphatic rings. The Labute approximate surface area is 122 Å². The van der Waals surface area contributed by atoms with Crippen LogP contribution in [0.25, 0.3) is 0 Å². The van der Waals surface area contributed by atoms with E-state index in [9.17, 15) is 0 Å². The Kier molecular flexibility index (Phi) is 7.92. The van der Waals surface area contributed by atoms with Gasteiger partial charge in [0, 0.05) is 11.1 Å². The minimum absolute atomic E-state index is 0.609. The number of rotatable bonds is 9. The van der Waals surface area contributed by atoms with Crippen molar-refractivity contribution in [2.75, 3.05) is 13.2 Å². The number of nitrogens with one attached hydrogen (secondary N) is 1. The summed E-state index contributed by atoms with van der Waals surface area (Å²) in [5.41, 5.74) is 1.07. The largest absolute Gasteiger partial charge is 0.494 e. The van der Waals surface area contributed by atoms with E-state index < -0.39 is 0 Å². The number of benzene rings is 1. The fourth-order valence-corrected chi connectivity index (χ4v) is 2.06. The molecular formula is C16H26ClNO. The van der Waals surface area contributed by atoms with E-state index in [2.05, 4.69) is 19.2 Å². The molecule has 0 amide bonds. The lowest BCUT2D eigenvalue weighted by Crippen LogP contribution is -2.26. The fourth-order valence-electron chi connectivity index (χ4n) is 1.94. The lowest BCUT2D eigenvalue weighted by molar-refractivity contribution is 0.301. The molecule has 0 aliphatic heterocycles. The SMILES string of the molecule is CCCNC(C)CCCCOc1ccc(Cl)c(C)c1. The summed E-state index contributed by atoms with van der Waals surface area (Å²) in [6, 6.07) is 6.43. The molecule has 1 N–H and O–H groups in total. The van der Waals surface area contributed by atoms with Crippen LogP contribution >= 0.6 is 11.6 Å². The second-order valence-electron chi connectivity index (χ2n) is 5.11. The van der Waals surface area contributed by atoms with Crippen LogP contribution in [0.3, 0.4) is 0 Å². The van der Waals surface area contributed by atoms with Gasteiger partial charge in [-0.25, -0.2) is 0 Å². The number of hydrogen-bond donors (Lipinski definition) is 1. The molecular weight excluding hydrogens is 258 g/mol. The summed E-state index contributed by atoms with van der Waals surface area (Å²) in [6.45, 7) is 8.33. The van der Waals surface area contributed by atoms with Gasteiger partial charge in [-0.3, -0.25) is 0 Å². The van der Waals surface area contributed by atoms with Crippen molar-refractivity contribution in [1.82, 2.24) is 5.32 Å². The highest BCUT2D eigenvalue weighted by molar-refractivity contribution is 6.31. The van der Waals surface area contributed by atoms with E-state index >= 15 is 0 Å². The van der Waals surface area contributed by atoms with Crippen LogP contribution in [0, 0.1) is 6.92 Å². The summed E-state index contributed by atoms with van der Waals surface area (Å²) in [7, 11) is 0. The Balaban J connectivity index is 2.12. The molecule has 0 radical (unpaired) electrons. The second kappa shape index (κ2) is 9.22. The predicted molar refractivity (Wildman–Crippen MR) is 83.3 cm³/mol. The van der Waals surface area contributed by atoms with Gasteiger partial charge in [0.2, 0.25) is 0 Å². The Morgan fingerprint density at radius 2 is 2.11 bits per heavy atom. The zero-order valence-electron chi connectivity index (χ0n) is 12.3. The van der Waals surface area contributed by atoms with Crippen molar-refractivity contribution < 1.29 is 4.74 Å². The van der Waals surface area contributed by atoms with Crippen LogP contribution in [-0.2, 0) is 0 Å². The topological polar surface area (TPSA) is 21.3 Å². The van der Waals surface area contributed by atoms with Crippen molar-refractivity contribution in [2.24, 2.45) is 0 Å². The average molecular weight is 284 g/mol. The summed E-state index contributed by atoms with van der Waals surface area (Å²) in [6.07, 6.45) is 4.71. The zero-order chi connectivity index (χ0) is 14.1. The Morgan fingerprint density at radius 1 is 1.32 bits per heavy atom. The molecule has 0 heterocycles. The van der Waals surface area contributed by atoms with Gasteiger partial charge in [-0.05, 0) is 69.8 Å². The molecule has 0 bridgehead atoms. The maximum absolute atomic E-state index is 5.98. The lowest BCUT2D eigenvalue weighted by atomic mass is 10.1. The quantitative estimate of drug-likeness (QED) is 0.670. The van der Waals surface area contributed by atoms with E-state index in [1.807, 2.05) is 25.1 Å². The highest BCUT2D eigenvalue weighted by Crippen LogP contribution is 2.21. The first kappa shape index (κ1) is 16.3. The van der Waals surface area contributed by atoms with Gasteiger partial charge in [0.05, 0.1) is 6.61 Å². The molecule has 0 fully saturated rings. The summed E-state index contributed by atoms with van der Waals surface area (Å²) >= 11 is 5.98. The average Bonchev–Trinajstić information content (AvgIpc) is 2.40. The van der Waals surface area contributed by atoms with Crippen LogP contribution in [0.2, 0.25) is 5.02 Å². The molecule has 1 aromatic carbocycles. The van der Waals surface area contributed by atoms with Gasteiger partial charge < -0.3 is 10.1 Å². The van der Waals surface area contributed by atoms with Crippen LogP contribution in [0.5, 0.6) is 5.75 Å². The normalized spacial score (nSPS) is 12.4. The Morgan fingerprint density at radius 3 is 2.79 bits per heavy atom. The van der Waals surface area contributed by atoms with E-state index in [1.165, 1.54) is 19.3 Å². The third-order valence-electron chi connectivity index (χ3n) is 3.17. The lowest BCUT2D eigenvalue weighted by Gasteiger charge is -2.13. The molecule has 1 rings (SSSR count). The van der Waals surface area contributed by atoms with Crippen LogP contribution in [0.4, 0.5) is 0 Å². The number of aryl methyl sites for hydroxylation is 1. The Hall–Kier alpha value is -0.730. The van der Waals surface area contributed by atoms with Gasteiger partial charge >= 0.3 is 0 Å². The minimum Gasteiger partial charge on any atom is -0.494 e. The molecule has 0 saturated heterocycles. The third-order valence-corrected chi connectivity index (χ3v) is 3.60. The Bertz CT molecular complexity index is 368. The number of hydrogen-bond acceptors (Lipinski definition) is 2. The first-order valence-electron chi connectivity index (χ1n) is 7.25. The van der Waals surface area contributed by atoms with Gasteiger partial charge in [0.15, 0.2) is 0 Å². The van der Waals surface area contributed by atoms with Crippen LogP contribution in [-0.4, -0.2) is 19.2 Å². The summed E-state index contributed by atoms with van der Waals surface area (Å²) in [5.74, 6) is 0.916. The molecule has 0 aliphatic carbocycles. The maximum atomic E-state index is 5.98. The van der Waals surface area contributed by atoms with Crippen molar-refractivity contribution in [3.05, 3.63) is 28.8 Å². The van der Waals surface area contributed by atoms with E-state index in [0.29, 0.717) is 6.04 Å². The number of unbranched alkanes of at least 4 members (excludes halogenated alkanes) is 1. The fraction of sp³-hybridized carbons (Fsp3) is 0.625. The summed E-state index contributed by atoms with van der Waals surface area (Å²) in [4.78, 5) is 0. The van der Waals surface area contributed by atoms with Gasteiger partial charge in [-0.2, -0.15) is 0 Å². The molecule has 3 heteroatoms. The van der Waals surface area contributed by atoms with Gasteiger partial charge in [0.25, 0.3) is 0 Å². The summed E-state index contributed by atoms with van der Waals surface area (Å²) < 4.78 is 5.73. The molecule has 108 valence electrons. The minimum atomic E-state index is 0.609. The van der Waals surface area contributed by atoms with Crippen molar-refractivity contribution in [3.63, 3.8) is 0 Å². The molecule has 0 aromatic heterocycles. The highest BCUT2D eigenvalue weighted by atomic mass is 35.5. The van der Waals surface area contributed by atoms with Gasteiger partial charge in [-0.1, -0.05) is 18.5 Å². The highest BCUT2D eigenvalue weighted by Gasteiger charge is 2.01. The van der Waals surface area contributed by atoms with E-state index in [4.69, 9.17) is 16.3 Å². The van der Waals surface area contributed by atoms with Crippen molar-refractivity contribution in [3.8, 4) is 5.75 Å². The smallest absolute Gasteiger partial charge is 0.119 e. The molecule has 0 saturated carbocycles. The second-order valence-corrected chi connectivity index (χ2v) is 5.52. The first-order chi connectivity index (χ1) is 9.13. The summed E-state index contributed by atoms with van der Waals surface area (Å²) in [5, 5.41) is 4.29. The molecule has 2 nitrogen and oxygen atoms in total. The molecule has 0 spiro atoms. The molecule has 19 heavy (non-hydrogen) atoms. The molecule has 1 aromatic rings. The maximum Gasteiger partial charge on any atom is 0.119 e. The van der Waals surface area contributed by atoms with Crippen molar-refractivity contribution in [1.29, 1.82) is 0 Å². The standard InChI is InChI=1S/C16H26ClNO/c1-4-10-18-14(3)7-5-6-11-19-15-8-9-16(17)13(2)12-15/h8-9,12,14,18H,4-7,10-11H2,1-3H3. The number of halogens is 1. The van der Waals surface area contributed by atoms with Crippen molar-refractivity contribution >= 4 is 11.6 Å². The zero-order valence-corrected chi connectivity index (χ0v) is 13.1. The van der Waals surface area contributed by atoms with Gasteiger partial charge in [0.1, 0.15) is 5.75 Å². The van der Waals surface area contributed by atoms with E-state index in [1.54, 1.807) is 0 Å². The van der Waals surface area contributed by atoms with Crippen LogP contribution in [0.1, 0.15) is 45.1 Å².